The lowest BCUT2D eigenvalue weighted by molar-refractivity contribution is 0.505. The molecule has 0 saturated carbocycles. The molecule has 0 fully saturated rings. The SMILES string of the molecule is CC1=NCC/C1=C/CCCCCCCCCCCCC(C)C. The first-order chi connectivity index (χ1) is 10.7. The summed E-state index contributed by atoms with van der Waals surface area (Å²) >= 11 is 0. The van der Waals surface area contributed by atoms with Gasteiger partial charge in [0, 0.05) is 12.3 Å². The van der Waals surface area contributed by atoms with Gasteiger partial charge in [-0.05, 0) is 37.7 Å². The van der Waals surface area contributed by atoms with Crippen LogP contribution >= 0.6 is 0 Å². The molecule has 1 nitrogen and oxygen atoms in total. The molecule has 0 bridgehead atoms. The third-order valence-electron chi connectivity index (χ3n) is 4.82. The van der Waals surface area contributed by atoms with Gasteiger partial charge in [-0.3, -0.25) is 4.99 Å². The third kappa shape index (κ3) is 10.2. The summed E-state index contributed by atoms with van der Waals surface area (Å²) in [4.78, 5) is 4.45. The Morgan fingerprint density at radius 3 is 1.91 bits per heavy atom. The molecule has 0 aromatic carbocycles. The number of hydrogen-bond acceptors (Lipinski definition) is 1. The molecule has 0 amide bonds. The van der Waals surface area contributed by atoms with Crippen molar-refractivity contribution >= 4 is 5.71 Å². The minimum atomic E-state index is 0.889. The Labute approximate surface area is 139 Å². The molecule has 0 atom stereocenters. The molecule has 0 unspecified atom stereocenters. The van der Waals surface area contributed by atoms with Crippen LogP contribution in [0.5, 0.6) is 0 Å². The predicted octanol–water partition coefficient (Wildman–Crippen LogP) is 7.11. The second kappa shape index (κ2) is 12.9. The van der Waals surface area contributed by atoms with E-state index in [1.807, 2.05) is 0 Å². The van der Waals surface area contributed by atoms with E-state index in [0.717, 1.165) is 12.5 Å². The summed E-state index contributed by atoms with van der Waals surface area (Å²) in [6.07, 6.45) is 20.7. The average Bonchev–Trinajstić information content (AvgIpc) is 2.89. The van der Waals surface area contributed by atoms with Crippen molar-refractivity contribution in [1.82, 2.24) is 0 Å². The fourth-order valence-electron chi connectivity index (χ4n) is 3.26. The lowest BCUT2D eigenvalue weighted by Crippen LogP contribution is -1.89. The summed E-state index contributed by atoms with van der Waals surface area (Å²) < 4.78 is 0. The van der Waals surface area contributed by atoms with Gasteiger partial charge in [0.2, 0.25) is 0 Å². The van der Waals surface area contributed by atoms with E-state index in [-0.39, 0.29) is 0 Å². The second-order valence-corrected chi connectivity index (χ2v) is 7.45. The van der Waals surface area contributed by atoms with Gasteiger partial charge in [0.1, 0.15) is 0 Å². The first-order valence-electron chi connectivity index (χ1n) is 9.90. The molecule has 1 rings (SSSR count). The van der Waals surface area contributed by atoms with Crippen molar-refractivity contribution in [3.63, 3.8) is 0 Å². The lowest BCUT2D eigenvalue weighted by Gasteiger charge is -2.04. The minimum Gasteiger partial charge on any atom is -0.289 e. The predicted molar refractivity (Wildman–Crippen MR) is 101 cm³/mol. The summed E-state index contributed by atoms with van der Waals surface area (Å²) in [5, 5.41) is 0. The molecule has 0 aromatic heterocycles. The zero-order chi connectivity index (χ0) is 16.0. The van der Waals surface area contributed by atoms with Crippen molar-refractivity contribution in [2.45, 2.75) is 104 Å². The van der Waals surface area contributed by atoms with Crippen LogP contribution in [-0.2, 0) is 0 Å². The van der Waals surface area contributed by atoms with E-state index in [4.69, 9.17) is 0 Å². The van der Waals surface area contributed by atoms with Crippen LogP contribution in [0.1, 0.15) is 104 Å². The molecular formula is C21H39N. The highest BCUT2D eigenvalue weighted by Gasteiger charge is 2.06. The van der Waals surface area contributed by atoms with Crippen LogP contribution in [0.15, 0.2) is 16.6 Å². The monoisotopic (exact) mass is 305 g/mol. The van der Waals surface area contributed by atoms with Gasteiger partial charge in [-0.1, -0.05) is 84.1 Å². The Bertz CT molecular complexity index is 325. The Kier molecular flexibility index (Phi) is 11.4. The molecule has 22 heavy (non-hydrogen) atoms. The molecule has 0 N–H and O–H groups in total. The maximum absolute atomic E-state index is 4.45. The van der Waals surface area contributed by atoms with Crippen LogP contribution in [0.25, 0.3) is 0 Å². The number of unbranched alkanes of at least 4 members (excludes halogenated alkanes) is 10. The topological polar surface area (TPSA) is 12.4 Å². The lowest BCUT2D eigenvalue weighted by atomic mass is 10.0. The van der Waals surface area contributed by atoms with E-state index < -0.39 is 0 Å². The Morgan fingerprint density at radius 1 is 0.864 bits per heavy atom. The molecule has 128 valence electrons. The van der Waals surface area contributed by atoms with E-state index >= 15 is 0 Å². The number of hydrogen-bond donors (Lipinski definition) is 0. The van der Waals surface area contributed by atoms with E-state index in [2.05, 4.69) is 31.8 Å². The highest BCUT2D eigenvalue weighted by atomic mass is 14.8. The molecular weight excluding hydrogens is 266 g/mol. The maximum Gasteiger partial charge on any atom is 0.0433 e. The van der Waals surface area contributed by atoms with E-state index in [9.17, 15) is 0 Å². The summed E-state index contributed by atoms with van der Waals surface area (Å²) in [7, 11) is 0. The van der Waals surface area contributed by atoms with Crippen molar-refractivity contribution in [3.8, 4) is 0 Å². The third-order valence-corrected chi connectivity index (χ3v) is 4.82. The summed E-state index contributed by atoms with van der Waals surface area (Å²) in [5.41, 5.74) is 2.80. The highest BCUT2D eigenvalue weighted by Crippen LogP contribution is 2.16. The number of aliphatic imine (C=N–C) groups is 1. The Morgan fingerprint density at radius 2 is 1.41 bits per heavy atom. The highest BCUT2D eigenvalue weighted by molar-refractivity contribution is 5.99. The zero-order valence-electron chi connectivity index (χ0n) is 15.5. The standard InChI is InChI=1S/C21H39N/c1-19(2)15-13-11-9-7-5-4-6-8-10-12-14-16-21-17-18-22-20(21)3/h16,19H,4-15,17-18H2,1-3H3/b21-16-. The zero-order valence-corrected chi connectivity index (χ0v) is 15.5. The van der Waals surface area contributed by atoms with Gasteiger partial charge in [-0.2, -0.15) is 0 Å². The van der Waals surface area contributed by atoms with Gasteiger partial charge in [-0.15, -0.1) is 0 Å². The summed E-state index contributed by atoms with van der Waals surface area (Å²) in [5.74, 6) is 0.889. The van der Waals surface area contributed by atoms with Crippen LogP contribution in [0, 0.1) is 5.92 Å². The van der Waals surface area contributed by atoms with Gasteiger partial charge in [-0.25, -0.2) is 0 Å². The first-order valence-corrected chi connectivity index (χ1v) is 9.90. The number of allylic oxidation sites excluding steroid dienone is 1. The van der Waals surface area contributed by atoms with Gasteiger partial charge in [0.25, 0.3) is 0 Å². The van der Waals surface area contributed by atoms with Crippen molar-refractivity contribution in [3.05, 3.63) is 11.6 Å². The summed E-state index contributed by atoms with van der Waals surface area (Å²) in [6.45, 7) is 7.84. The second-order valence-electron chi connectivity index (χ2n) is 7.45. The first kappa shape index (κ1) is 19.5. The average molecular weight is 306 g/mol. The van der Waals surface area contributed by atoms with Gasteiger partial charge < -0.3 is 0 Å². The van der Waals surface area contributed by atoms with Gasteiger partial charge in [0.15, 0.2) is 0 Å². The fraction of sp³-hybridized carbons (Fsp3) is 0.857. The van der Waals surface area contributed by atoms with Crippen LogP contribution in [0.4, 0.5) is 0 Å². The number of rotatable bonds is 13. The fourth-order valence-corrected chi connectivity index (χ4v) is 3.26. The molecule has 1 aliphatic rings. The van der Waals surface area contributed by atoms with E-state index in [0.29, 0.717) is 0 Å². The molecule has 0 aromatic rings. The van der Waals surface area contributed by atoms with Crippen molar-refractivity contribution in [1.29, 1.82) is 0 Å². The molecule has 1 heterocycles. The van der Waals surface area contributed by atoms with Crippen LogP contribution in [-0.4, -0.2) is 12.3 Å². The molecule has 0 saturated heterocycles. The normalized spacial score (nSPS) is 16.7. The largest absolute Gasteiger partial charge is 0.289 e. The van der Waals surface area contributed by atoms with Crippen LogP contribution in [0.3, 0.4) is 0 Å². The Hall–Kier alpha value is -0.590. The van der Waals surface area contributed by atoms with Gasteiger partial charge in [0.05, 0.1) is 0 Å². The smallest absolute Gasteiger partial charge is 0.0433 e. The number of nitrogens with zero attached hydrogens (tertiary/aromatic N) is 1. The van der Waals surface area contributed by atoms with E-state index in [1.165, 1.54) is 94.8 Å². The van der Waals surface area contributed by atoms with Crippen LogP contribution < -0.4 is 0 Å². The van der Waals surface area contributed by atoms with Crippen molar-refractivity contribution in [2.75, 3.05) is 6.54 Å². The Balaban J connectivity index is 1.78. The quantitative estimate of drug-likeness (QED) is 0.321. The molecule has 1 heteroatoms. The summed E-state index contributed by atoms with van der Waals surface area (Å²) in [6, 6.07) is 0. The van der Waals surface area contributed by atoms with Crippen LogP contribution in [0.2, 0.25) is 0 Å². The van der Waals surface area contributed by atoms with Gasteiger partial charge >= 0.3 is 0 Å². The van der Waals surface area contributed by atoms with Crippen molar-refractivity contribution < 1.29 is 0 Å². The molecule has 0 radical (unpaired) electrons. The van der Waals surface area contributed by atoms with E-state index in [1.54, 1.807) is 0 Å². The minimum absolute atomic E-state index is 0.889. The molecule has 0 spiro atoms. The van der Waals surface area contributed by atoms with Crippen molar-refractivity contribution in [2.24, 2.45) is 10.9 Å². The molecule has 0 aliphatic carbocycles. The molecule has 1 aliphatic heterocycles. The maximum atomic E-state index is 4.45.